The molecule has 304 valence electrons. The van der Waals surface area contributed by atoms with E-state index in [1.807, 2.05) is 0 Å². The molecule has 0 rings (SSSR count). The van der Waals surface area contributed by atoms with Gasteiger partial charge < -0.3 is 20.2 Å². The Morgan fingerprint density at radius 1 is 0.490 bits per heavy atom. The molecule has 0 bridgehead atoms. The third-order valence-corrected chi connectivity index (χ3v) is 10.7. The van der Waals surface area contributed by atoms with Crippen LogP contribution in [-0.4, -0.2) is 63.6 Å². The van der Waals surface area contributed by atoms with Gasteiger partial charge in [-0.25, -0.2) is 6.57 Å². The summed E-state index contributed by atoms with van der Waals surface area (Å²) in [5.74, 6) is 0. The summed E-state index contributed by atoms with van der Waals surface area (Å²) in [5, 5.41) is 48.0. The zero-order valence-electron chi connectivity index (χ0n) is 34.2. The number of aliphatic hydroxyl groups is 3. The molecule has 0 amide bonds. The monoisotopic (exact) mass is 730 g/mol. The number of aliphatic hydroxyl groups excluding tert-OH is 3. The van der Waals surface area contributed by atoms with E-state index >= 15 is 0 Å². The summed E-state index contributed by atoms with van der Waals surface area (Å²) < 4.78 is 0. The van der Waals surface area contributed by atoms with Crippen LogP contribution in [0.2, 0.25) is 0 Å². The van der Waals surface area contributed by atoms with E-state index in [9.17, 15) is 20.2 Å². The molecule has 0 aromatic heterocycles. The molecule has 0 radical (unpaired) electrons. The molecule has 51 heavy (non-hydrogen) atoms. The first-order valence-corrected chi connectivity index (χ1v) is 20.9. The molecule has 0 fully saturated rings. The van der Waals surface area contributed by atoms with Gasteiger partial charge in [0.05, 0.1) is 0 Å². The molecule has 0 heterocycles. The van der Waals surface area contributed by atoms with Crippen molar-refractivity contribution in [2.45, 2.75) is 214 Å². The van der Waals surface area contributed by atoms with Crippen molar-refractivity contribution >= 4 is 0 Å². The van der Waals surface area contributed by atoms with Crippen LogP contribution < -0.4 is 0 Å². The molecule has 3 N–H and O–H groups in total. The molecule has 0 unspecified atom stereocenters. The third-order valence-electron chi connectivity index (χ3n) is 10.7. The predicted octanol–water partition coefficient (Wildman–Crippen LogP) is 11.4. The first-order chi connectivity index (χ1) is 24.5. The van der Waals surface area contributed by atoms with Crippen molar-refractivity contribution in [3.63, 3.8) is 0 Å². The Morgan fingerprint density at radius 2 is 0.784 bits per heavy atom. The van der Waals surface area contributed by atoms with Crippen molar-refractivity contribution in [2.75, 3.05) is 32.9 Å². The quantitative estimate of drug-likeness (QED) is 0.0345. The van der Waals surface area contributed by atoms with Crippen LogP contribution in [0.5, 0.6) is 0 Å². The maximum Gasteiger partial charge on any atom is 0.222 e. The van der Waals surface area contributed by atoms with E-state index in [4.69, 9.17) is 21.9 Å². The fraction of sp³-hybridized carbons (Fsp3) is 0.976. The minimum absolute atomic E-state index is 0.0756. The Bertz CT molecular complexity index is 769. The largest absolute Gasteiger partial charge is 0.396 e. The standard InChI is InChI=1S/C16H31N.C15H31NO2.C10H21NO5/c1-5-8-11-16(12-9-6-2,13-10-7-3)14-15-17-4;1-4-7-10-15(11-8-5-2,12-9-6-3)13-14-16(17)18;12-7-1-4-10(11(15)16,5-2-8-13)6-3-9-14/h5-15H2,1-3H3;4-14H2,1-3H3;12-14H,1-9H2. The molecular weight excluding hydrogens is 646 g/mol. The summed E-state index contributed by atoms with van der Waals surface area (Å²) in [6.45, 7) is 21.1. The molecule has 0 spiro atoms. The maximum absolute atomic E-state index is 11.1. The Balaban J connectivity index is -0.000000679. The summed E-state index contributed by atoms with van der Waals surface area (Å²) in [6, 6.07) is 0. The Morgan fingerprint density at radius 3 is 1.00 bits per heavy atom. The van der Waals surface area contributed by atoms with E-state index in [0.717, 1.165) is 19.4 Å². The van der Waals surface area contributed by atoms with Gasteiger partial charge in [0, 0.05) is 61.8 Å². The van der Waals surface area contributed by atoms with Gasteiger partial charge in [-0.1, -0.05) is 119 Å². The second-order valence-corrected chi connectivity index (χ2v) is 15.0. The van der Waals surface area contributed by atoms with E-state index in [1.54, 1.807) is 0 Å². The lowest BCUT2D eigenvalue weighted by atomic mass is 9.72. The lowest BCUT2D eigenvalue weighted by molar-refractivity contribution is -0.574. The van der Waals surface area contributed by atoms with Crippen LogP contribution in [-0.2, 0) is 0 Å². The highest BCUT2D eigenvalue weighted by Gasteiger charge is 2.40. The van der Waals surface area contributed by atoms with E-state index in [2.05, 4.69) is 46.4 Å². The highest BCUT2D eigenvalue weighted by molar-refractivity contribution is 4.83. The zero-order chi connectivity index (χ0) is 39.3. The van der Waals surface area contributed by atoms with Gasteiger partial charge in [0.25, 0.3) is 0 Å². The number of hydrogen-bond acceptors (Lipinski definition) is 7. The fourth-order valence-electron chi connectivity index (χ4n) is 7.31. The first kappa shape index (κ1) is 53.5. The fourth-order valence-corrected chi connectivity index (χ4v) is 7.31. The summed E-state index contributed by atoms with van der Waals surface area (Å²) in [6.07, 6.45) is 26.6. The number of unbranched alkanes of at least 4 members (excludes halogenated alkanes) is 6. The van der Waals surface area contributed by atoms with Crippen LogP contribution in [0, 0.1) is 37.6 Å². The second-order valence-electron chi connectivity index (χ2n) is 15.0. The Kier molecular flexibility index (Phi) is 38.3. The maximum atomic E-state index is 11.1. The van der Waals surface area contributed by atoms with E-state index in [-0.39, 0.29) is 60.9 Å². The van der Waals surface area contributed by atoms with E-state index < -0.39 is 5.54 Å². The van der Waals surface area contributed by atoms with Gasteiger partial charge in [0.15, 0.2) is 0 Å². The van der Waals surface area contributed by atoms with Crippen molar-refractivity contribution in [3.8, 4) is 0 Å². The van der Waals surface area contributed by atoms with E-state index in [1.165, 1.54) is 116 Å². The topological polar surface area (TPSA) is 151 Å². The molecule has 0 aromatic rings. The lowest BCUT2D eigenvalue weighted by Gasteiger charge is -2.33. The SMILES string of the molecule is CCCCC(CCCC)(CCCC)CC[N+](=O)[O-].O=[N+]([O-])C(CCCO)(CCCO)CCCO.[C-]#[N+]CCC(CCCC)(CCCC)CCCC. The zero-order valence-corrected chi connectivity index (χ0v) is 34.2. The van der Waals surface area contributed by atoms with Crippen molar-refractivity contribution < 1.29 is 25.2 Å². The average Bonchev–Trinajstić information content (AvgIpc) is 3.13. The van der Waals surface area contributed by atoms with Gasteiger partial charge in [-0.2, -0.15) is 0 Å². The van der Waals surface area contributed by atoms with Crippen LogP contribution in [0.1, 0.15) is 208 Å². The number of rotatable bonds is 33. The summed E-state index contributed by atoms with van der Waals surface area (Å²) >= 11 is 0. The Hall–Kier alpha value is -1.83. The van der Waals surface area contributed by atoms with Crippen LogP contribution in [0.15, 0.2) is 0 Å². The molecule has 0 aromatic carbocycles. The normalized spacial score (nSPS) is 11.6. The molecule has 10 nitrogen and oxygen atoms in total. The average molecular weight is 730 g/mol. The smallest absolute Gasteiger partial charge is 0.222 e. The van der Waals surface area contributed by atoms with Crippen LogP contribution >= 0.6 is 0 Å². The molecular formula is C41H83N3O7. The van der Waals surface area contributed by atoms with Gasteiger partial charge in [0.1, 0.15) is 0 Å². The van der Waals surface area contributed by atoms with Crippen molar-refractivity contribution in [2.24, 2.45) is 10.8 Å². The highest BCUT2D eigenvalue weighted by atomic mass is 16.6. The molecule has 0 atom stereocenters. The van der Waals surface area contributed by atoms with Gasteiger partial charge in [0.2, 0.25) is 18.6 Å². The van der Waals surface area contributed by atoms with E-state index in [0.29, 0.717) is 24.7 Å². The molecule has 0 aliphatic rings. The summed E-state index contributed by atoms with van der Waals surface area (Å²) in [5.41, 5.74) is -0.365. The predicted molar refractivity (Wildman–Crippen MR) is 213 cm³/mol. The Labute approximate surface area is 314 Å². The van der Waals surface area contributed by atoms with Gasteiger partial charge in [-0.15, -0.1) is 0 Å². The van der Waals surface area contributed by atoms with Crippen LogP contribution in [0.4, 0.5) is 0 Å². The molecule has 0 saturated heterocycles. The van der Waals surface area contributed by atoms with Crippen LogP contribution in [0.3, 0.4) is 0 Å². The number of nitro groups is 2. The highest BCUT2D eigenvalue weighted by Crippen LogP contribution is 2.41. The van der Waals surface area contributed by atoms with Gasteiger partial charge in [-0.05, 0) is 68.6 Å². The number of nitrogens with zero attached hydrogens (tertiary/aromatic N) is 3. The lowest BCUT2D eigenvalue weighted by Crippen LogP contribution is -2.39. The van der Waals surface area contributed by atoms with Crippen molar-refractivity contribution in [3.05, 3.63) is 31.6 Å². The third kappa shape index (κ3) is 28.4. The summed E-state index contributed by atoms with van der Waals surface area (Å²) in [7, 11) is 0. The minimum Gasteiger partial charge on any atom is -0.396 e. The minimum atomic E-state index is -1.10. The van der Waals surface area contributed by atoms with Gasteiger partial charge in [-0.3, -0.25) is 20.2 Å². The van der Waals surface area contributed by atoms with Crippen molar-refractivity contribution in [1.82, 2.24) is 0 Å². The van der Waals surface area contributed by atoms with Crippen molar-refractivity contribution in [1.29, 1.82) is 0 Å². The first-order valence-electron chi connectivity index (χ1n) is 20.9. The van der Waals surface area contributed by atoms with Crippen LogP contribution in [0.25, 0.3) is 4.85 Å². The molecule has 0 aliphatic heterocycles. The molecule has 10 heteroatoms. The van der Waals surface area contributed by atoms with Gasteiger partial charge >= 0.3 is 0 Å². The second kappa shape index (κ2) is 36.5. The summed E-state index contributed by atoms with van der Waals surface area (Å²) in [4.78, 5) is 24.9. The number of hydrogen-bond donors (Lipinski definition) is 3. The molecule has 0 saturated carbocycles. The molecule has 0 aliphatic carbocycles.